The average molecular weight is 314 g/mol. The van der Waals surface area contributed by atoms with Crippen LogP contribution in [0.4, 0.5) is 0 Å². The Hall–Kier alpha value is -1.40. The standard InChI is InChI=1S/C13H16ClN3O2S/c1-2-7-17-12(18)15-16-13(17)20-9-8-19-11-6-4-3-5-10(11)14/h3-6H,2,7-9H2,1H3,(H,15,18). The van der Waals surface area contributed by atoms with Gasteiger partial charge in [0.05, 0.1) is 11.6 Å². The summed E-state index contributed by atoms with van der Waals surface area (Å²) in [7, 11) is 0. The van der Waals surface area contributed by atoms with Crippen LogP contribution >= 0.6 is 23.4 Å². The van der Waals surface area contributed by atoms with Gasteiger partial charge in [0.25, 0.3) is 0 Å². The molecule has 1 aromatic heterocycles. The van der Waals surface area contributed by atoms with Crippen molar-refractivity contribution in [1.29, 1.82) is 0 Å². The van der Waals surface area contributed by atoms with Gasteiger partial charge in [0.1, 0.15) is 5.75 Å². The number of rotatable bonds is 7. The zero-order chi connectivity index (χ0) is 14.4. The van der Waals surface area contributed by atoms with Gasteiger partial charge in [-0.3, -0.25) is 4.57 Å². The number of aromatic amines is 1. The highest BCUT2D eigenvalue weighted by Crippen LogP contribution is 2.23. The van der Waals surface area contributed by atoms with Gasteiger partial charge in [-0.2, -0.15) is 0 Å². The van der Waals surface area contributed by atoms with Crippen LogP contribution in [0, 0.1) is 0 Å². The Labute approximate surface area is 126 Å². The number of hydrogen-bond donors (Lipinski definition) is 1. The molecule has 0 atom stereocenters. The van der Waals surface area contributed by atoms with E-state index in [9.17, 15) is 4.79 Å². The lowest BCUT2D eigenvalue weighted by Crippen LogP contribution is -2.17. The first-order valence-electron chi connectivity index (χ1n) is 6.37. The molecule has 0 spiro atoms. The first-order valence-corrected chi connectivity index (χ1v) is 7.74. The largest absolute Gasteiger partial charge is 0.491 e. The van der Waals surface area contributed by atoms with Crippen LogP contribution in [0.2, 0.25) is 5.02 Å². The number of thioether (sulfide) groups is 1. The van der Waals surface area contributed by atoms with Gasteiger partial charge in [0, 0.05) is 12.3 Å². The molecule has 0 aliphatic heterocycles. The highest BCUT2D eigenvalue weighted by molar-refractivity contribution is 7.99. The van der Waals surface area contributed by atoms with Gasteiger partial charge in [-0.15, -0.1) is 5.10 Å². The smallest absolute Gasteiger partial charge is 0.343 e. The topological polar surface area (TPSA) is 59.9 Å². The molecule has 2 rings (SSSR count). The number of nitrogens with zero attached hydrogens (tertiary/aromatic N) is 2. The molecule has 5 nitrogen and oxygen atoms in total. The van der Waals surface area contributed by atoms with Gasteiger partial charge >= 0.3 is 5.69 Å². The van der Waals surface area contributed by atoms with E-state index in [0.717, 1.165) is 6.42 Å². The number of ether oxygens (including phenoxy) is 1. The van der Waals surface area contributed by atoms with Crippen molar-refractivity contribution in [1.82, 2.24) is 14.8 Å². The minimum atomic E-state index is -0.165. The fourth-order valence-electron chi connectivity index (χ4n) is 1.68. The molecule has 1 N–H and O–H groups in total. The number of halogens is 1. The van der Waals surface area contributed by atoms with E-state index in [4.69, 9.17) is 16.3 Å². The van der Waals surface area contributed by atoms with E-state index in [1.54, 1.807) is 10.6 Å². The molecule has 0 aliphatic rings. The summed E-state index contributed by atoms with van der Waals surface area (Å²) in [6.45, 7) is 3.19. The lowest BCUT2D eigenvalue weighted by Gasteiger charge is -2.07. The van der Waals surface area contributed by atoms with Crippen molar-refractivity contribution in [2.24, 2.45) is 0 Å². The Morgan fingerprint density at radius 2 is 2.25 bits per heavy atom. The minimum absolute atomic E-state index is 0.165. The van der Waals surface area contributed by atoms with Gasteiger partial charge in [0.2, 0.25) is 0 Å². The fraction of sp³-hybridized carbons (Fsp3) is 0.385. The SMILES string of the molecule is CCCn1c(SCCOc2ccccc2Cl)n[nH]c1=O. The summed E-state index contributed by atoms with van der Waals surface area (Å²) < 4.78 is 7.23. The van der Waals surface area contributed by atoms with E-state index in [0.29, 0.717) is 34.8 Å². The maximum atomic E-state index is 11.5. The molecule has 0 radical (unpaired) electrons. The minimum Gasteiger partial charge on any atom is -0.491 e. The molecule has 20 heavy (non-hydrogen) atoms. The molecule has 0 saturated carbocycles. The number of aromatic nitrogens is 3. The molecule has 2 aromatic rings. The number of benzene rings is 1. The fourth-order valence-corrected chi connectivity index (χ4v) is 2.66. The maximum Gasteiger partial charge on any atom is 0.343 e. The van der Waals surface area contributed by atoms with Crippen molar-refractivity contribution in [2.75, 3.05) is 12.4 Å². The molecule has 0 fully saturated rings. The summed E-state index contributed by atoms with van der Waals surface area (Å²) in [6, 6.07) is 7.35. The predicted molar refractivity (Wildman–Crippen MR) is 80.8 cm³/mol. The van der Waals surface area contributed by atoms with Crippen LogP contribution in [-0.2, 0) is 6.54 Å². The maximum absolute atomic E-state index is 11.5. The Morgan fingerprint density at radius 1 is 1.45 bits per heavy atom. The van der Waals surface area contributed by atoms with E-state index in [-0.39, 0.29) is 5.69 Å². The predicted octanol–water partition coefficient (Wildman–Crippen LogP) is 2.81. The average Bonchev–Trinajstić information content (AvgIpc) is 2.79. The molecule has 0 amide bonds. The normalized spacial score (nSPS) is 10.7. The van der Waals surface area contributed by atoms with E-state index < -0.39 is 0 Å². The summed E-state index contributed by atoms with van der Waals surface area (Å²) in [5, 5.41) is 7.76. The third-order valence-electron chi connectivity index (χ3n) is 2.58. The van der Waals surface area contributed by atoms with E-state index in [1.807, 2.05) is 25.1 Å². The summed E-state index contributed by atoms with van der Waals surface area (Å²) in [5.41, 5.74) is -0.165. The molecular weight excluding hydrogens is 298 g/mol. The van der Waals surface area contributed by atoms with E-state index >= 15 is 0 Å². The van der Waals surface area contributed by atoms with E-state index in [1.165, 1.54) is 11.8 Å². The van der Waals surface area contributed by atoms with Crippen molar-refractivity contribution in [3.63, 3.8) is 0 Å². The van der Waals surface area contributed by atoms with Gasteiger partial charge in [-0.1, -0.05) is 42.4 Å². The van der Waals surface area contributed by atoms with Crippen LogP contribution in [0.15, 0.2) is 34.2 Å². The first-order chi connectivity index (χ1) is 9.72. The highest BCUT2D eigenvalue weighted by Gasteiger charge is 2.08. The molecule has 0 aliphatic carbocycles. The van der Waals surface area contributed by atoms with Crippen molar-refractivity contribution in [3.05, 3.63) is 39.8 Å². The van der Waals surface area contributed by atoms with Crippen molar-refractivity contribution < 1.29 is 4.74 Å². The van der Waals surface area contributed by atoms with Crippen molar-refractivity contribution >= 4 is 23.4 Å². The zero-order valence-electron chi connectivity index (χ0n) is 11.1. The van der Waals surface area contributed by atoms with Crippen LogP contribution in [0.1, 0.15) is 13.3 Å². The Morgan fingerprint density at radius 3 is 3.00 bits per heavy atom. The van der Waals surface area contributed by atoms with Gasteiger partial charge in [-0.05, 0) is 18.6 Å². The van der Waals surface area contributed by atoms with Gasteiger partial charge in [-0.25, -0.2) is 9.89 Å². The Balaban J connectivity index is 1.85. The zero-order valence-corrected chi connectivity index (χ0v) is 12.7. The molecule has 1 heterocycles. The lowest BCUT2D eigenvalue weighted by molar-refractivity contribution is 0.344. The quantitative estimate of drug-likeness (QED) is 0.631. The second kappa shape index (κ2) is 7.40. The number of hydrogen-bond acceptors (Lipinski definition) is 4. The molecule has 7 heteroatoms. The summed E-state index contributed by atoms with van der Waals surface area (Å²) >= 11 is 7.48. The Kier molecular flexibility index (Phi) is 5.55. The molecule has 108 valence electrons. The van der Waals surface area contributed by atoms with Crippen LogP contribution in [0.3, 0.4) is 0 Å². The van der Waals surface area contributed by atoms with E-state index in [2.05, 4.69) is 10.2 Å². The highest BCUT2D eigenvalue weighted by atomic mass is 35.5. The molecular formula is C13H16ClN3O2S. The third kappa shape index (κ3) is 3.80. The second-order valence-electron chi connectivity index (χ2n) is 4.09. The number of nitrogens with one attached hydrogen (secondary N) is 1. The number of H-pyrrole nitrogens is 1. The first kappa shape index (κ1) is 15.0. The monoisotopic (exact) mass is 313 g/mol. The molecule has 0 saturated heterocycles. The summed E-state index contributed by atoms with van der Waals surface area (Å²) in [5.74, 6) is 1.36. The third-order valence-corrected chi connectivity index (χ3v) is 3.83. The van der Waals surface area contributed by atoms with Gasteiger partial charge < -0.3 is 4.74 Å². The molecule has 0 unspecified atom stereocenters. The lowest BCUT2D eigenvalue weighted by atomic mass is 10.3. The Bertz CT molecular complexity index is 612. The van der Waals surface area contributed by atoms with Crippen LogP contribution in [0.25, 0.3) is 0 Å². The molecule has 0 bridgehead atoms. The van der Waals surface area contributed by atoms with Crippen molar-refractivity contribution in [3.8, 4) is 5.75 Å². The van der Waals surface area contributed by atoms with Crippen LogP contribution < -0.4 is 10.4 Å². The van der Waals surface area contributed by atoms with Crippen molar-refractivity contribution in [2.45, 2.75) is 25.0 Å². The van der Waals surface area contributed by atoms with Crippen LogP contribution in [0.5, 0.6) is 5.75 Å². The number of para-hydroxylation sites is 1. The van der Waals surface area contributed by atoms with Gasteiger partial charge in [0.15, 0.2) is 5.16 Å². The van der Waals surface area contributed by atoms with Crippen LogP contribution in [-0.4, -0.2) is 27.1 Å². The second-order valence-corrected chi connectivity index (χ2v) is 5.56. The summed E-state index contributed by atoms with van der Waals surface area (Å²) in [4.78, 5) is 11.5. The molecule has 1 aromatic carbocycles. The summed E-state index contributed by atoms with van der Waals surface area (Å²) in [6.07, 6.45) is 0.892.